The summed E-state index contributed by atoms with van der Waals surface area (Å²) < 4.78 is 14.8. The minimum atomic E-state index is -0.512. The maximum absolute atomic E-state index is 14.8. The van der Waals surface area contributed by atoms with Crippen LogP contribution in [0.2, 0.25) is 5.02 Å². The van der Waals surface area contributed by atoms with Gasteiger partial charge >= 0.3 is 0 Å². The Morgan fingerprint density at radius 1 is 1.23 bits per heavy atom. The Hall–Kier alpha value is -4.18. The number of hydrogen-bond acceptors (Lipinski definition) is 6. The van der Waals surface area contributed by atoms with Gasteiger partial charge in [-0.3, -0.25) is 19.6 Å². The third-order valence-electron chi connectivity index (χ3n) is 6.06. The summed E-state index contributed by atoms with van der Waals surface area (Å²) in [6.45, 7) is 8.50. The van der Waals surface area contributed by atoms with Crippen molar-refractivity contribution in [2.24, 2.45) is 4.99 Å². The van der Waals surface area contributed by atoms with Gasteiger partial charge in [-0.1, -0.05) is 36.7 Å². The van der Waals surface area contributed by atoms with Gasteiger partial charge in [-0.2, -0.15) is 0 Å². The third kappa shape index (κ3) is 6.64. The van der Waals surface area contributed by atoms with Crippen LogP contribution >= 0.6 is 11.6 Å². The fraction of sp³-hybridized carbons (Fsp3) is 0.286. The highest BCUT2D eigenvalue weighted by molar-refractivity contribution is 6.33. The van der Waals surface area contributed by atoms with Gasteiger partial charge in [-0.15, -0.1) is 6.58 Å². The van der Waals surface area contributed by atoms with Crippen LogP contribution in [0.5, 0.6) is 0 Å². The standard InChI is InChI=1S/C28H31ClFN7O2/c1-5-7-14-36(19(3)16-32-17-38)26(31-4)21-15-22(29)25(20-10-8-9-11-23(20)30)35-27(21)37(18-39)28-24(6-2)33-12-13-34-28/h5,8-13,15,17-19H,1,6-7,14,16H2,2-4H3,(H,32,38). The lowest BCUT2D eigenvalue weighted by molar-refractivity contribution is -0.109. The normalized spacial score (nSPS) is 12.0. The van der Waals surface area contributed by atoms with Gasteiger partial charge in [0.05, 0.1) is 22.0 Å². The predicted octanol–water partition coefficient (Wildman–Crippen LogP) is 4.58. The number of carbonyl (C=O) groups excluding carboxylic acids is 2. The van der Waals surface area contributed by atoms with Gasteiger partial charge in [-0.25, -0.2) is 19.3 Å². The van der Waals surface area contributed by atoms with E-state index in [0.29, 0.717) is 55.8 Å². The van der Waals surface area contributed by atoms with Crippen molar-refractivity contribution in [1.82, 2.24) is 25.2 Å². The third-order valence-corrected chi connectivity index (χ3v) is 6.35. The molecule has 3 aromatic rings. The first-order valence-corrected chi connectivity index (χ1v) is 12.8. The number of rotatable bonds is 13. The zero-order valence-electron chi connectivity index (χ0n) is 22.1. The number of benzene rings is 1. The van der Waals surface area contributed by atoms with Crippen LogP contribution in [0.3, 0.4) is 0 Å². The quantitative estimate of drug-likeness (QED) is 0.144. The van der Waals surface area contributed by atoms with Gasteiger partial charge in [0.25, 0.3) is 0 Å². The Kier molecular flexibility index (Phi) is 10.6. The van der Waals surface area contributed by atoms with E-state index in [1.807, 2.05) is 18.7 Å². The van der Waals surface area contributed by atoms with Crippen molar-refractivity contribution in [3.8, 4) is 11.3 Å². The molecule has 2 heterocycles. The monoisotopic (exact) mass is 551 g/mol. The largest absolute Gasteiger partial charge is 0.357 e. The molecule has 2 aromatic heterocycles. The molecule has 11 heteroatoms. The zero-order chi connectivity index (χ0) is 28.4. The lowest BCUT2D eigenvalue weighted by Crippen LogP contribution is -2.45. The van der Waals surface area contributed by atoms with Crippen molar-refractivity contribution in [3.05, 3.63) is 77.5 Å². The first-order valence-electron chi connectivity index (χ1n) is 12.4. The summed E-state index contributed by atoms with van der Waals surface area (Å²) in [4.78, 5) is 45.0. The Morgan fingerprint density at radius 3 is 2.62 bits per heavy atom. The summed E-state index contributed by atoms with van der Waals surface area (Å²) >= 11 is 6.72. The van der Waals surface area contributed by atoms with Crippen molar-refractivity contribution in [3.63, 3.8) is 0 Å². The number of halogens is 2. The average molecular weight is 552 g/mol. The second-order valence-electron chi connectivity index (χ2n) is 8.52. The molecule has 0 fully saturated rings. The summed E-state index contributed by atoms with van der Waals surface area (Å²) in [6, 6.07) is 7.55. The second kappa shape index (κ2) is 14.1. The fourth-order valence-electron chi connectivity index (χ4n) is 4.18. The summed E-state index contributed by atoms with van der Waals surface area (Å²) in [5.74, 6) is 0.398. The van der Waals surface area contributed by atoms with Crippen molar-refractivity contribution in [2.45, 2.75) is 32.7 Å². The van der Waals surface area contributed by atoms with Crippen LogP contribution in [0.4, 0.5) is 16.0 Å². The van der Waals surface area contributed by atoms with Crippen LogP contribution in [-0.4, -0.2) is 64.7 Å². The number of aliphatic imine (C=N–C) groups is 1. The number of carbonyl (C=O) groups is 2. The molecule has 1 aromatic carbocycles. The SMILES string of the molecule is C=CCCN(C(=NC)c1cc(Cl)c(-c2ccccc2F)nc1N(C=O)c1nccnc1CC)C(C)CNC=O. The van der Waals surface area contributed by atoms with Gasteiger partial charge in [0.1, 0.15) is 11.7 Å². The molecule has 9 nitrogen and oxygen atoms in total. The lowest BCUT2D eigenvalue weighted by Gasteiger charge is -2.33. The molecule has 0 bridgehead atoms. The molecule has 2 amide bonds. The highest BCUT2D eigenvalue weighted by Crippen LogP contribution is 2.36. The summed E-state index contributed by atoms with van der Waals surface area (Å²) in [6.07, 6.45) is 7.15. The molecule has 0 aliphatic heterocycles. The minimum Gasteiger partial charge on any atom is -0.357 e. The fourth-order valence-corrected chi connectivity index (χ4v) is 4.43. The number of aryl methyl sites for hydroxylation is 1. The second-order valence-corrected chi connectivity index (χ2v) is 8.93. The number of nitrogens with zero attached hydrogens (tertiary/aromatic N) is 6. The molecule has 0 aliphatic carbocycles. The molecule has 1 atom stereocenters. The molecular weight excluding hydrogens is 521 g/mol. The van der Waals surface area contributed by atoms with Crippen molar-refractivity contribution in [2.75, 3.05) is 25.0 Å². The van der Waals surface area contributed by atoms with Crippen molar-refractivity contribution >= 4 is 41.9 Å². The Labute approximate surface area is 232 Å². The number of amides is 2. The predicted molar refractivity (Wildman–Crippen MR) is 152 cm³/mol. The van der Waals surface area contributed by atoms with E-state index in [-0.39, 0.29) is 34.0 Å². The first-order chi connectivity index (χ1) is 18.9. The van der Waals surface area contributed by atoms with E-state index in [9.17, 15) is 14.0 Å². The van der Waals surface area contributed by atoms with Crippen molar-refractivity contribution < 1.29 is 14.0 Å². The van der Waals surface area contributed by atoms with E-state index in [1.165, 1.54) is 17.2 Å². The summed E-state index contributed by atoms with van der Waals surface area (Å²) in [5, 5.41) is 2.87. The van der Waals surface area contributed by atoms with Gasteiger partial charge in [-0.05, 0) is 38.0 Å². The number of anilines is 2. The van der Waals surface area contributed by atoms with E-state index >= 15 is 0 Å². The van der Waals surface area contributed by atoms with Crippen LogP contribution in [0.25, 0.3) is 11.3 Å². The molecule has 1 N–H and O–H groups in total. The molecule has 0 spiro atoms. The van der Waals surface area contributed by atoms with Crippen LogP contribution in [-0.2, 0) is 16.0 Å². The minimum absolute atomic E-state index is 0.155. The number of nitrogens with one attached hydrogen (secondary N) is 1. The molecule has 1 unspecified atom stereocenters. The first kappa shape index (κ1) is 29.4. The van der Waals surface area contributed by atoms with Crippen LogP contribution in [0, 0.1) is 5.82 Å². The molecule has 204 valence electrons. The van der Waals surface area contributed by atoms with Crippen molar-refractivity contribution in [1.29, 1.82) is 0 Å². The van der Waals surface area contributed by atoms with Gasteiger partial charge in [0.2, 0.25) is 12.8 Å². The molecule has 0 radical (unpaired) electrons. The molecule has 39 heavy (non-hydrogen) atoms. The highest BCUT2D eigenvalue weighted by Gasteiger charge is 2.28. The molecule has 0 saturated heterocycles. The lowest BCUT2D eigenvalue weighted by atomic mass is 10.1. The number of pyridine rings is 1. The van der Waals surface area contributed by atoms with Gasteiger partial charge in [0.15, 0.2) is 11.6 Å². The van der Waals surface area contributed by atoms with E-state index in [1.54, 1.807) is 43.6 Å². The van der Waals surface area contributed by atoms with Gasteiger partial charge < -0.3 is 10.2 Å². The van der Waals surface area contributed by atoms with Crippen LogP contribution in [0.15, 0.2) is 60.4 Å². The highest BCUT2D eigenvalue weighted by atomic mass is 35.5. The zero-order valence-corrected chi connectivity index (χ0v) is 22.9. The maximum atomic E-state index is 14.8. The van der Waals surface area contributed by atoms with Crippen LogP contribution < -0.4 is 10.2 Å². The van der Waals surface area contributed by atoms with E-state index in [4.69, 9.17) is 16.6 Å². The van der Waals surface area contributed by atoms with Crippen LogP contribution in [0.1, 0.15) is 31.5 Å². The number of amidine groups is 1. The smallest absolute Gasteiger partial charge is 0.221 e. The molecule has 3 rings (SSSR count). The summed E-state index contributed by atoms with van der Waals surface area (Å²) in [5.41, 5.74) is 1.33. The van der Waals surface area contributed by atoms with E-state index in [2.05, 4.69) is 26.9 Å². The topological polar surface area (TPSA) is 104 Å². The Morgan fingerprint density at radius 2 is 1.97 bits per heavy atom. The summed E-state index contributed by atoms with van der Waals surface area (Å²) in [7, 11) is 1.61. The molecule has 0 aliphatic rings. The van der Waals surface area contributed by atoms with E-state index in [0.717, 1.165) is 0 Å². The molecule has 0 saturated carbocycles. The average Bonchev–Trinajstić information content (AvgIpc) is 2.95. The Bertz CT molecular complexity index is 1350. The number of aromatic nitrogens is 3. The Balaban J connectivity index is 2.32. The van der Waals surface area contributed by atoms with Gasteiger partial charge in [0, 0.05) is 44.1 Å². The van der Waals surface area contributed by atoms with E-state index < -0.39 is 5.82 Å². The molecular formula is C28H31ClFN7O2. The number of hydrogen-bond donors (Lipinski definition) is 1. The maximum Gasteiger partial charge on any atom is 0.221 e.